The smallest absolute Gasteiger partial charge is 0.338 e. The van der Waals surface area contributed by atoms with Crippen LogP contribution in [-0.4, -0.2) is 12.6 Å². The number of benzene rings is 1. The van der Waals surface area contributed by atoms with E-state index in [1.807, 2.05) is 25.1 Å². The lowest BCUT2D eigenvalue weighted by Gasteiger charge is -2.07. The molecule has 1 aromatic carbocycles. The molecule has 0 spiro atoms. The van der Waals surface area contributed by atoms with E-state index in [-0.39, 0.29) is 11.9 Å². The highest BCUT2D eigenvalue weighted by molar-refractivity contribution is 5.89. The molecule has 0 amide bonds. The minimum absolute atomic E-state index is 0.197. The normalized spacial score (nSPS) is 11.8. The van der Waals surface area contributed by atoms with Gasteiger partial charge in [0.05, 0.1) is 12.2 Å². The van der Waals surface area contributed by atoms with E-state index >= 15 is 0 Å². The highest BCUT2D eigenvalue weighted by Crippen LogP contribution is 2.03. The molecule has 0 saturated carbocycles. The zero-order valence-corrected chi connectivity index (χ0v) is 8.27. The monoisotopic (exact) mass is 190 g/mol. The number of carbonyl (C=O) groups is 1. The molecule has 0 radical (unpaired) electrons. The second-order valence-electron chi connectivity index (χ2n) is 3.18. The van der Waals surface area contributed by atoms with Gasteiger partial charge in [-0.3, -0.25) is 0 Å². The summed E-state index contributed by atoms with van der Waals surface area (Å²) in [6, 6.07) is 8.96. The first-order chi connectivity index (χ1) is 6.74. The van der Waals surface area contributed by atoms with Gasteiger partial charge in [-0.1, -0.05) is 31.2 Å². The highest BCUT2D eigenvalue weighted by atomic mass is 16.5. The van der Waals surface area contributed by atoms with Crippen LogP contribution >= 0.6 is 0 Å². The average molecular weight is 190 g/mol. The van der Waals surface area contributed by atoms with Gasteiger partial charge >= 0.3 is 5.97 Å². The zero-order chi connectivity index (χ0) is 10.4. The Hall–Kier alpha value is -1.57. The third kappa shape index (κ3) is 3.05. The fourth-order valence-corrected chi connectivity index (χ4v) is 0.933. The second kappa shape index (κ2) is 5.22. The number of hydrogen-bond donors (Lipinski definition) is 0. The Morgan fingerprint density at radius 2 is 2.14 bits per heavy atom. The molecule has 2 nitrogen and oxygen atoms in total. The Morgan fingerprint density at radius 1 is 1.50 bits per heavy atom. The molecule has 0 heterocycles. The van der Waals surface area contributed by atoms with E-state index in [0.717, 1.165) is 0 Å². The molecule has 0 aliphatic heterocycles. The van der Waals surface area contributed by atoms with Gasteiger partial charge in [-0.05, 0) is 12.1 Å². The van der Waals surface area contributed by atoms with Gasteiger partial charge in [0.1, 0.15) is 0 Å². The lowest BCUT2D eigenvalue weighted by molar-refractivity contribution is 0.0472. The van der Waals surface area contributed by atoms with Crippen molar-refractivity contribution in [3.8, 4) is 0 Å². The summed E-state index contributed by atoms with van der Waals surface area (Å²) < 4.78 is 5.07. The van der Waals surface area contributed by atoms with Crippen molar-refractivity contribution in [1.82, 2.24) is 0 Å². The van der Waals surface area contributed by atoms with Gasteiger partial charge in [0, 0.05) is 5.92 Å². The quantitative estimate of drug-likeness (QED) is 0.539. The maximum atomic E-state index is 11.4. The third-order valence-corrected chi connectivity index (χ3v) is 1.89. The lowest BCUT2D eigenvalue weighted by atomic mass is 10.2. The van der Waals surface area contributed by atoms with Crippen LogP contribution in [0.15, 0.2) is 43.0 Å². The van der Waals surface area contributed by atoms with Crippen LogP contribution in [0.25, 0.3) is 0 Å². The maximum absolute atomic E-state index is 11.4. The van der Waals surface area contributed by atoms with Crippen molar-refractivity contribution in [2.24, 2.45) is 5.92 Å². The summed E-state index contributed by atoms with van der Waals surface area (Å²) in [5.41, 5.74) is 0.587. The van der Waals surface area contributed by atoms with Crippen LogP contribution < -0.4 is 0 Å². The topological polar surface area (TPSA) is 26.3 Å². The average Bonchev–Trinajstić information content (AvgIpc) is 2.26. The van der Waals surface area contributed by atoms with Crippen molar-refractivity contribution in [2.45, 2.75) is 6.92 Å². The molecule has 0 N–H and O–H groups in total. The third-order valence-electron chi connectivity index (χ3n) is 1.89. The Labute approximate surface area is 84.2 Å². The fourth-order valence-electron chi connectivity index (χ4n) is 0.933. The summed E-state index contributed by atoms with van der Waals surface area (Å²) in [5.74, 6) is -0.0815. The predicted octanol–water partition coefficient (Wildman–Crippen LogP) is 2.67. The van der Waals surface area contributed by atoms with Crippen molar-refractivity contribution in [2.75, 3.05) is 6.61 Å². The van der Waals surface area contributed by atoms with Crippen LogP contribution in [0.3, 0.4) is 0 Å². The first-order valence-electron chi connectivity index (χ1n) is 4.58. The molecule has 0 aliphatic carbocycles. The summed E-state index contributed by atoms with van der Waals surface area (Å²) >= 11 is 0. The van der Waals surface area contributed by atoms with Crippen molar-refractivity contribution in [3.63, 3.8) is 0 Å². The van der Waals surface area contributed by atoms with E-state index in [2.05, 4.69) is 6.58 Å². The van der Waals surface area contributed by atoms with Crippen molar-refractivity contribution >= 4 is 5.97 Å². The largest absolute Gasteiger partial charge is 0.461 e. The Balaban J connectivity index is 2.47. The SMILES string of the molecule is C=CC(C)COC(=O)c1ccccc1. The van der Waals surface area contributed by atoms with E-state index in [0.29, 0.717) is 12.2 Å². The van der Waals surface area contributed by atoms with Gasteiger partial charge in [-0.2, -0.15) is 0 Å². The van der Waals surface area contributed by atoms with Gasteiger partial charge in [0.2, 0.25) is 0 Å². The van der Waals surface area contributed by atoms with Crippen LogP contribution in [0.2, 0.25) is 0 Å². The van der Waals surface area contributed by atoms with E-state index in [1.165, 1.54) is 0 Å². The molecule has 1 unspecified atom stereocenters. The molecule has 1 rings (SSSR count). The van der Waals surface area contributed by atoms with E-state index < -0.39 is 0 Å². The van der Waals surface area contributed by atoms with Gasteiger partial charge in [0.25, 0.3) is 0 Å². The molecule has 0 bridgehead atoms. The van der Waals surface area contributed by atoms with Crippen molar-refractivity contribution in [3.05, 3.63) is 48.6 Å². The number of hydrogen-bond acceptors (Lipinski definition) is 2. The Morgan fingerprint density at radius 3 is 2.71 bits per heavy atom. The van der Waals surface area contributed by atoms with Crippen LogP contribution in [0.5, 0.6) is 0 Å². The minimum Gasteiger partial charge on any atom is -0.461 e. The maximum Gasteiger partial charge on any atom is 0.338 e. The standard InChI is InChI=1S/C12H14O2/c1-3-10(2)9-14-12(13)11-7-5-4-6-8-11/h3-8,10H,1,9H2,2H3. The van der Waals surface area contributed by atoms with Gasteiger partial charge < -0.3 is 4.74 Å². The van der Waals surface area contributed by atoms with Gasteiger partial charge in [0.15, 0.2) is 0 Å². The van der Waals surface area contributed by atoms with Crippen LogP contribution in [-0.2, 0) is 4.74 Å². The fraction of sp³-hybridized carbons (Fsp3) is 0.250. The number of esters is 1. The van der Waals surface area contributed by atoms with Crippen LogP contribution in [0.1, 0.15) is 17.3 Å². The van der Waals surface area contributed by atoms with Crippen molar-refractivity contribution < 1.29 is 9.53 Å². The first kappa shape index (κ1) is 10.5. The second-order valence-corrected chi connectivity index (χ2v) is 3.18. The molecule has 1 aromatic rings. The predicted molar refractivity (Wildman–Crippen MR) is 56.1 cm³/mol. The molecule has 0 aromatic heterocycles. The lowest BCUT2D eigenvalue weighted by Crippen LogP contribution is -2.10. The summed E-state index contributed by atoms with van der Waals surface area (Å²) in [5, 5.41) is 0. The minimum atomic E-state index is -0.278. The van der Waals surface area contributed by atoms with Gasteiger partial charge in [-0.15, -0.1) is 6.58 Å². The zero-order valence-electron chi connectivity index (χ0n) is 8.27. The highest BCUT2D eigenvalue weighted by Gasteiger charge is 2.06. The van der Waals surface area contributed by atoms with E-state index in [4.69, 9.17) is 4.74 Å². The molecule has 74 valence electrons. The summed E-state index contributed by atoms with van der Waals surface area (Å²) in [4.78, 5) is 11.4. The molecule has 0 aliphatic rings. The molecular weight excluding hydrogens is 176 g/mol. The Bertz CT molecular complexity index is 303. The van der Waals surface area contributed by atoms with Gasteiger partial charge in [-0.25, -0.2) is 4.79 Å². The van der Waals surface area contributed by atoms with E-state index in [1.54, 1.807) is 18.2 Å². The molecule has 2 heteroatoms. The van der Waals surface area contributed by atoms with E-state index in [9.17, 15) is 4.79 Å². The number of carbonyl (C=O) groups excluding carboxylic acids is 1. The summed E-state index contributed by atoms with van der Waals surface area (Å²) in [6.07, 6.45) is 1.76. The Kier molecular flexibility index (Phi) is 3.92. The van der Waals surface area contributed by atoms with Crippen LogP contribution in [0.4, 0.5) is 0 Å². The molecule has 0 fully saturated rings. The molecule has 14 heavy (non-hydrogen) atoms. The van der Waals surface area contributed by atoms with Crippen molar-refractivity contribution in [1.29, 1.82) is 0 Å². The van der Waals surface area contributed by atoms with Crippen LogP contribution in [0, 0.1) is 5.92 Å². The number of ether oxygens (including phenoxy) is 1. The summed E-state index contributed by atoms with van der Waals surface area (Å²) in [6.45, 7) is 5.96. The molecule has 1 atom stereocenters. The number of rotatable bonds is 4. The molecule has 0 saturated heterocycles. The molecular formula is C12H14O2. The first-order valence-corrected chi connectivity index (χ1v) is 4.58. The summed E-state index contributed by atoms with van der Waals surface area (Å²) in [7, 11) is 0.